The zero-order chi connectivity index (χ0) is 13.1. The van der Waals surface area contributed by atoms with Crippen molar-refractivity contribution in [2.75, 3.05) is 18.1 Å². The number of aryl methyl sites for hydroxylation is 1. The molecule has 1 aliphatic rings. The maximum absolute atomic E-state index is 9.16. The molecule has 4 N–H and O–H groups in total. The summed E-state index contributed by atoms with van der Waals surface area (Å²) in [6, 6.07) is 6.33. The lowest BCUT2D eigenvalue weighted by atomic mass is 10.1. The molecule has 1 fully saturated rings. The molecule has 1 saturated carbocycles. The highest BCUT2D eigenvalue weighted by molar-refractivity contribution is 6.02. The van der Waals surface area contributed by atoms with Gasteiger partial charge in [-0.15, -0.1) is 0 Å². The van der Waals surface area contributed by atoms with E-state index in [1.54, 1.807) is 0 Å². The molecule has 5 heteroatoms. The third-order valence-electron chi connectivity index (χ3n) is 3.17. The van der Waals surface area contributed by atoms with E-state index in [0.717, 1.165) is 29.7 Å². The molecule has 1 aromatic carbocycles. The van der Waals surface area contributed by atoms with E-state index in [1.165, 1.54) is 0 Å². The van der Waals surface area contributed by atoms with Crippen molar-refractivity contribution in [2.24, 2.45) is 10.9 Å². The van der Waals surface area contributed by atoms with Gasteiger partial charge in [-0.3, -0.25) is 0 Å². The third-order valence-corrected chi connectivity index (χ3v) is 3.17. The Hall–Kier alpha value is -1.75. The minimum absolute atomic E-state index is 0.0972. The van der Waals surface area contributed by atoms with Crippen LogP contribution in [0.15, 0.2) is 23.4 Å². The normalized spacial score (nSPS) is 15.8. The molecule has 0 radical (unpaired) electrons. The van der Waals surface area contributed by atoms with E-state index >= 15 is 0 Å². The van der Waals surface area contributed by atoms with Crippen LogP contribution in [0, 0.1) is 6.92 Å². The van der Waals surface area contributed by atoms with Gasteiger partial charge in [0.2, 0.25) is 0 Å². The number of nitrogens with two attached hydrogens (primary N) is 1. The van der Waals surface area contributed by atoms with Crippen LogP contribution in [0.1, 0.15) is 24.0 Å². The fourth-order valence-electron chi connectivity index (χ4n) is 2.15. The Balaban J connectivity index is 2.41. The number of oxime groups is 1. The minimum atomic E-state index is 0.0972. The molecule has 0 aromatic heterocycles. The predicted octanol–water partition coefficient (Wildman–Crippen LogP) is 1.05. The number of aliphatic hydroxyl groups excluding tert-OH is 1. The molecule has 0 saturated heterocycles. The van der Waals surface area contributed by atoms with Gasteiger partial charge in [-0.25, -0.2) is 0 Å². The quantitative estimate of drug-likeness (QED) is 0.315. The first-order chi connectivity index (χ1) is 8.67. The summed E-state index contributed by atoms with van der Waals surface area (Å²) < 4.78 is 0. The van der Waals surface area contributed by atoms with Gasteiger partial charge in [-0.1, -0.05) is 16.8 Å². The Bertz CT molecular complexity index is 456. The molecule has 98 valence electrons. The summed E-state index contributed by atoms with van der Waals surface area (Å²) in [6.07, 6.45) is 2.26. The lowest BCUT2D eigenvalue weighted by Crippen LogP contribution is -2.31. The summed E-state index contributed by atoms with van der Waals surface area (Å²) >= 11 is 0. The Morgan fingerprint density at radius 2 is 2.22 bits per heavy atom. The van der Waals surface area contributed by atoms with E-state index in [9.17, 15) is 0 Å². The van der Waals surface area contributed by atoms with Crippen molar-refractivity contribution < 1.29 is 10.3 Å². The molecule has 1 aromatic rings. The van der Waals surface area contributed by atoms with Gasteiger partial charge in [0.25, 0.3) is 0 Å². The van der Waals surface area contributed by atoms with E-state index in [4.69, 9.17) is 16.0 Å². The van der Waals surface area contributed by atoms with Crippen LogP contribution < -0.4 is 10.6 Å². The third kappa shape index (κ3) is 2.56. The van der Waals surface area contributed by atoms with Gasteiger partial charge in [-0.05, 0) is 31.9 Å². The lowest BCUT2D eigenvalue weighted by Gasteiger charge is -2.26. The van der Waals surface area contributed by atoms with Crippen molar-refractivity contribution in [1.82, 2.24) is 0 Å². The summed E-state index contributed by atoms with van der Waals surface area (Å²) in [6.45, 7) is 2.63. The lowest BCUT2D eigenvalue weighted by molar-refractivity contribution is 0.301. The number of aliphatic hydroxyl groups is 1. The maximum Gasteiger partial charge on any atom is 0.172 e. The molecule has 18 heavy (non-hydrogen) atoms. The molecule has 0 bridgehead atoms. The second-order valence-electron chi connectivity index (χ2n) is 4.65. The van der Waals surface area contributed by atoms with Gasteiger partial charge in [0.1, 0.15) is 0 Å². The molecule has 0 aliphatic heterocycles. The van der Waals surface area contributed by atoms with Crippen molar-refractivity contribution in [3.05, 3.63) is 29.3 Å². The number of amidine groups is 1. The Morgan fingerprint density at radius 1 is 1.50 bits per heavy atom. The molecule has 5 nitrogen and oxygen atoms in total. The average molecular weight is 249 g/mol. The molecule has 1 aliphatic carbocycles. The topological polar surface area (TPSA) is 82.1 Å². The zero-order valence-electron chi connectivity index (χ0n) is 10.5. The smallest absolute Gasteiger partial charge is 0.172 e. The summed E-state index contributed by atoms with van der Waals surface area (Å²) in [5, 5.41) is 21.1. The van der Waals surface area contributed by atoms with Crippen molar-refractivity contribution >= 4 is 11.5 Å². The summed E-state index contributed by atoms with van der Waals surface area (Å²) in [5.74, 6) is 0.109. The monoisotopic (exact) mass is 249 g/mol. The highest BCUT2D eigenvalue weighted by Gasteiger charge is 2.30. The molecule has 0 atom stereocenters. The highest BCUT2D eigenvalue weighted by Crippen LogP contribution is 2.33. The molecule has 0 amide bonds. The first-order valence-corrected chi connectivity index (χ1v) is 6.13. The van der Waals surface area contributed by atoms with Crippen LogP contribution in [-0.2, 0) is 0 Å². The number of rotatable bonds is 5. The van der Waals surface area contributed by atoms with Gasteiger partial charge >= 0.3 is 0 Å². The summed E-state index contributed by atoms with van der Waals surface area (Å²) in [4.78, 5) is 2.13. The maximum atomic E-state index is 9.16. The molecular weight excluding hydrogens is 230 g/mol. The fourth-order valence-corrected chi connectivity index (χ4v) is 2.15. The number of hydrogen-bond donors (Lipinski definition) is 3. The number of hydrogen-bond acceptors (Lipinski definition) is 4. The fraction of sp³-hybridized carbons (Fsp3) is 0.462. The standard InChI is InChI=1S/C13H19N3O2/c1-9-2-5-12(11(8-9)13(14)15-18)16(6-7-17)10-3-4-10/h2,5,8,10,17-18H,3-4,6-7H2,1H3,(H2,14,15). The first kappa shape index (κ1) is 12.7. The van der Waals surface area contributed by atoms with Crippen LogP contribution in [-0.4, -0.2) is 35.3 Å². The van der Waals surface area contributed by atoms with Crippen LogP contribution >= 0.6 is 0 Å². The molecule has 0 spiro atoms. The number of benzene rings is 1. The molecular formula is C13H19N3O2. The van der Waals surface area contributed by atoms with Gasteiger partial charge in [-0.2, -0.15) is 0 Å². The summed E-state index contributed by atoms with van der Waals surface area (Å²) in [5.41, 5.74) is 8.43. The van der Waals surface area contributed by atoms with Crippen LogP contribution in [0.3, 0.4) is 0 Å². The van der Waals surface area contributed by atoms with Gasteiger partial charge < -0.3 is 20.9 Å². The number of anilines is 1. The molecule has 2 rings (SSSR count). The SMILES string of the molecule is Cc1ccc(N(CCO)C2CC2)c(/C(N)=N/O)c1. The van der Waals surface area contributed by atoms with Gasteiger partial charge in [0, 0.05) is 23.8 Å². The molecule has 0 unspecified atom stereocenters. The second-order valence-corrected chi connectivity index (χ2v) is 4.65. The Morgan fingerprint density at radius 3 is 2.78 bits per heavy atom. The second kappa shape index (κ2) is 5.27. The minimum Gasteiger partial charge on any atom is -0.409 e. The first-order valence-electron chi connectivity index (χ1n) is 6.13. The van der Waals surface area contributed by atoms with Crippen LogP contribution in [0.4, 0.5) is 5.69 Å². The van der Waals surface area contributed by atoms with E-state index < -0.39 is 0 Å². The number of nitrogens with zero attached hydrogens (tertiary/aromatic N) is 2. The van der Waals surface area contributed by atoms with E-state index in [2.05, 4.69) is 10.1 Å². The zero-order valence-corrected chi connectivity index (χ0v) is 10.5. The van der Waals surface area contributed by atoms with Crippen LogP contribution in [0.5, 0.6) is 0 Å². The van der Waals surface area contributed by atoms with Gasteiger partial charge in [0.05, 0.1) is 6.61 Å². The molecule has 0 heterocycles. The van der Waals surface area contributed by atoms with Crippen LogP contribution in [0.25, 0.3) is 0 Å². The van der Waals surface area contributed by atoms with Crippen LogP contribution in [0.2, 0.25) is 0 Å². The Kier molecular flexibility index (Phi) is 3.72. The summed E-state index contributed by atoms with van der Waals surface area (Å²) in [7, 11) is 0. The van der Waals surface area contributed by atoms with Crippen molar-refractivity contribution in [3.63, 3.8) is 0 Å². The van der Waals surface area contributed by atoms with Crippen molar-refractivity contribution in [3.8, 4) is 0 Å². The average Bonchev–Trinajstić information content (AvgIpc) is 3.19. The van der Waals surface area contributed by atoms with E-state index in [0.29, 0.717) is 12.6 Å². The Labute approximate surface area is 107 Å². The van der Waals surface area contributed by atoms with Crippen molar-refractivity contribution in [2.45, 2.75) is 25.8 Å². The van der Waals surface area contributed by atoms with Gasteiger partial charge in [0.15, 0.2) is 5.84 Å². The van der Waals surface area contributed by atoms with Crippen molar-refractivity contribution in [1.29, 1.82) is 0 Å². The predicted molar refractivity (Wildman–Crippen MR) is 71.1 cm³/mol. The van der Waals surface area contributed by atoms with E-state index in [1.807, 2.05) is 25.1 Å². The largest absolute Gasteiger partial charge is 0.409 e. The van der Waals surface area contributed by atoms with E-state index in [-0.39, 0.29) is 12.4 Å². The highest BCUT2D eigenvalue weighted by atomic mass is 16.4.